The Morgan fingerprint density at radius 2 is 2.05 bits per heavy atom. The Kier molecular flexibility index (Phi) is 4.06. The van der Waals surface area contributed by atoms with Gasteiger partial charge >= 0.3 is 0 Å². The highest BCUT2D eigenvalue weighted by Crippen LogP contribution is 2.26. The summed E-state index contributed by atoms with van der Waals surface area (Å²) in [6.45, 7) is 5.58. The van der Waals surface area contributed by atoms with Gasteiger partial charge in [0.2, 0.25) is 11.8 Å². The number of halogens is 1. The Hall–Kier alpha value is -1.91. The van der Waals surface area contributed by atoms with Crippen molar-refractivity contribution < 1.29 is 14.0 Å². The molecule has 1 aromatic rings. The molecule has 2 atom stereocenters. The van der Waals surface area contributed by atoms with E-state index in [1.165, 1.54) is 17.0 Å². The molecule has 2 amide bonds. The molecule has 1 fully saturated rings. The molecule has 1 N–H and O–H groups in total. The van der Waals surface area contributed by atoms with Crippen LogP contribution in [0.2, 0.25) is 0 Å². The number of piperazine rings is 1. The van der Waals surface area contributed by atoms with Gasteiger partial charge in [-0.25, -0.2) is 4.39 Å². The number of anilines is 1. The lowest BCUT2D eigenvalue weighted by Gasteiger charge is -2.40. The molecule has 0 radical (unpaired) electrons. The van der Waals surface area contributed by atoms with Gasteiger partial charge in [0.25, 0.3) is 0 Å². The maximum absolute atomic E-state index is 13.4. The molecule has 1 heterocycles. The molecule has 1 aliphatic heterocycles. The lowest BCUT2D eigenvalue weighted by atomic mass is 9.95. The topological polar surface area (TPSA) is 49.4 Å². The SMILES string of the molecule is CCC1NC(=O)C(C(C)C)N(c2cccc(F)c2)C1=O. The fraction of sp³-hybridized carbons (Fsp3) is 0.467. The second-order valence-corrected chi connectivity index (χ2v) is 5.35. The largest absolute Gasteiger partial charge is 0.342 e. The van der Waals surface area contributed by atoms with E-state index in [1.54, 1.807) is 12.1 Å². The van der Waals surface area contributed by atoms with E-state index in [9.17, 15) is 14.0 Å². The van der Waals surface area contributed by atoms with E-state index in [1.807, 2.05) is 20.8 Å². The Morgan fingerprint density at radius 3 is 2.60 bits per heavy atom. The number of nitrogens with one attached hydrogen (secondary N) is 1. The molecule has 4 nitrogen and oxygen atoms in total. The van der Waals surface area contributed by atoms with E-state index < -0.39 is 17.9 Å². The number of benzene rings is 1. The first-order valence-corrected chi connectivity index (χ1v) is 6.84. The lowest BCUT2D eigenvalue weighted by molar-refractivity contribution is -0.134. The molecule has 108 valence electrons. The van der Waals surface area contributed by atoms with Gasteiger partial charge in [-0.2, -0.15) is 0 Å². The van der Waals surface area contributed by atoms with Crippen molar-refractivity contribution in [2.24, 2.45) is 5.92 Å². The van der Waals surface area contributed by atoms with Crippen LogP contribution in [-0.2, 0) is 9.59 Å². The number of nitrogens with zero attached hydrogens (tertiary/aromatic N) is 1. The van der Waals surface area contributed by atoms with Gasteiger partial charge in [0.1, 0.15) is 17.9 Å². The van der Waals surface area contributed by atoms with Gasteiger partial charge < -0.3 is 5.32 Å². The molecule has 2 rings (SSSR count). The molecule has 0 bridgehead atoms. The van der Waals surface area contributed by atoms with Crippen molar-refractivity contribution in [3.05, 3.63) is 30.1 Å². The number of carbonyl (C=O) groups excluding carboxylic acids is 2. The Balaban J connectivity index is 2.47. The van der Waals surface area contributed by atoms with Crippen LogP contribution in [0.4, 0.5) is 10.1 Å². The zero-order chi connectivity index (χ0) is 14.9. The highest BCUT2D eigenvalue weighted by atomic mass is 19.1. The first-order valence-electron chi connectivity index (χ1n) is 6.84. The first-order chi connectivity index (χ1) is 9.45. The van der Waals surface area contributed by atoms with Crippen molar-refractivity contribution in [3.8, 4) is 0 Å². The van der Waals surface area contributed by atoms with Crippen molar-refractivity contribution in [1.82, 2.24) is 5.32 Å². The summed E-state index contributed by atoms with van der Waals surface area (Å²) in [7, 11) is 0. The zero-order valence-corrected chi connectivity index (χ0v) is 11.9. The van der Waals surface area contributed by atoms with Crippen LogP contribution in [0.15, 0.2) is 24.3 Å². The number of carbonyl (C=O) groups is 2. The standard InChI is InChI=1S/C15H19FN2O2/c1-4-12-15(20)18(11-7-5-6-10(16)8-11)13(9(2)3)14(19)17-12/h5-9,12-13H,4H2,1-3H3,(H,17,19). The van der Waals surface area contributed by atoms with Crippen LogP contribution in [0.25, 0.3) is 0 Å². The number of rotatable bonds is 3. The van der Waals surface area contributed by atoms with E-state index in [-0.39, 0.29) is 17.7 Å². The monoisotopic (exact) mass is 278 g/mol. The number of hydrogen-bond acceptors (Lipinski definition) is 2. The number of amides is 2. The molecular weight excluding hydrogens is 259 g/mol. The van der Waals surface area contributed by atoms with Gasteiger partial charge in [0.15, 0.2) is 0 Å². The second-order valence-electron chi connectivity index (χ2n) is 5.35. The van der Waals surface area contributed by atoms with Crippen molar-refractivity contribution in [2.45, 2.75) is 39.3 Å². The van der Waals surface area contributed by atoms with Crippen LogP contribution < -0.4 is 10.2 Å². The fourth-order valence-corrected chi connectivity index (χ4v) is 2.53. The van der Waals surface area contributed by atoms with Gasteiger partial charge in [0.05, 0.1) is 0 Å². The number of hydrogen-bond donors (Lipinski definition) is 1. The third kappa shape index (κ3) is 2.53. The van der Waals surface area contributed by atoms with Gasteiger partial charge in [-0.3, -0.25) is 14.5 Å². The smallest absolute Gasteiger partial charge is 0.250 e. The molecule has 0 spiro atoms. The average molecular weight is 278 g/mol. The van der Waals surface area contributed by atoms with Crippen molar-refractivity contribution >= 4 is 17.5 Å². The predicted octanol–water partition coefficient (Wildman–Crippen LogP) is 2.09. The molecule has 1 aromatic carbocycles. The quantitative estimate of drug-likeness (QED) is 0.920. The van der Waals surface area contributed by atoms with Gasteiger partial charge in [-0.15, -0.1) is 0 Å². The maximum atomic E-state index is 13.4. The van der Waals surface area contributed by atoms with Crippen LogP contribution in [-0.4, -0.2) is 23.9 Å². The third-order valence-corrected chi connectivity index (χ3v) is 3.52. The van der Waals surface area contributed by atoms with E-state index in [0.717, 1.165) is 0 Å². The molecule has 0 aliphatic carbocycles. The van der Waals surface area contributed by atoms with Gasteiger partial charge in [-0.1, -0.05) is 26.8 Å². The van der Waals surface area contributed by atoms with E-state index in [4.69, 9.17) is 0 Å². The summed E-state index contributed by atoms with van der Waals surface area (Å²) in [5.74, 6) is -0.844. The molecule has 20 heavy (non-hydrogen) atoms. The zero-order valence-electron chi connectivity index (χ0n) is 11.9. The van der Waals surface area contributed by atoms with Crippen molar-refractivity contribution in [3.63, 3.8) is 0 Å². The van der Waals surface area contributed by atoms with Crippen molar-refractivity contribution in [1.29, 1.82) is 0 Å². The minimum atomic E-state index is -0.605. The molecule has 1 saturated heterocycles. The molecule has 2 unspecified atom stereocenters. The third-order valence-electron chi connectivity index (χ3n) is 3.52. The van der Waals surface area contributed by atoms with E-state index >= 15 is 0 Å². The summed E-state index contributed by atoms with van der Waals surface area (Å²) in [6.07, 6.45) is 0.515. The molecule has 0 aromatic heterocycles. The van der Waals surface area contributed by atoms with Gasteiger partial charge in [-0.05, 0) is 30.5 Å². The van der Waals surface area contributed by atoms with E-state index in [0.29, 0.717) is 12.1 Å². The summed E-state index contributed by atoms with van der Waals surface area (Å²) in [5.41, 5.74) is 0.432. The van der Waals surface area contributed by atoms with Crippen LogP contribution in [0, 0.1) is 11.7 Å². The first kappa shape index (κ1) is 14.5. The van der Waals surface area contributed by atoms with Crippen molar-refractivity contribution in [2.75, 3.05) is 4.90 Å². The predicted molar refractivity (Wildman–Crippen MR) is 74.7 cm³/mol. The molecule has 5 heteroatoms. The molecule has 0 saturated carbocycles. The minimum Gasteiger partial charge on any atom is -0.342 e. The Labute approximate surface area is 118 Å². The summed E-state index contributed by atoms with van der Waals surface area (Å²) >= 11 is 0. The Morgan fingerprint density at radius 1 is 1.35 bits per heavy atom. The summed E-state index contributed by atoms with van der Waals surface area (Å²) < 4.78 is 13.4. The lowest BCUT2D eigenvalue weighted by Crippen LogP contribution is -2.65. The molecular formula is C15H19FN2O2. The highest BCUT2D eigenvalue weighted by Gasteiger charge is 2.42. The summed E-state index contributed by atoms with van der Waals surface area (Å²) in [4.78, 5) is 26.2. The highest BCUT2D eigenvalue weighted by molar-refractivity contribution is 6.08. The van der Waals surface area contributed by atoms with Crippen LogP contribution in [0.5, 0.6) is 0 Å². The normalized spacial score (nSPS) is 23.1. The Bertz CT molecular complexity index is 530. The van der Waals surface area contributed by atoms with Crippen LogP contribution >= 0.6 is 0 Å². The maximum Gasteiger partial charge on any atom is 0.250 e. The fourth-order valence-electron chi connectivity index (χ4n) is 2.53. The minimum absolute atomic E-state index is 0.0555. The van der Waals surface area contributed by atoms with Crippen LogP contribution in [0.3, 0.4) is 0 Å². The second kappa shape index (κ2) is 5.61. The molecule has 1 aliphatic rings. The van der Waals surface area contributed by atoms with E-state index in [2.05, 4.69) is 5.32 Å². The average Bonchev–Trinajstić information content (AvgIpc) is 2.40. The summed E-state index contributed by atoms with van der Waals surface area (Å²) in [5, 5.41) is 2.74. The summed E-state index contributed by atoms with van der Waals surface area (Å²) in [6, 6.07) is 4.66. The van der Waals surface area contributed by atoms with Gasteiger partial charge in [0, 0.05) is 5.69 Å². The van der Waals surface area contributed by atoms with Crippen LogP contribution in [0.1, 0.15) is 27.2 Å².